The molecule has 5 nitrogen and oxygen atoms in total. The topological polar surface area (TPSA) is 66.8 Å². The second-order valence-corrected chi connectivity index (χ2v) is 5.17. The number of nitrogens with one attached hydrogen (secondary N) is 1. The van der Waals surface area contributed by atoms with Gasteiger partial charge in [-0.2, -0.15) is 0 Å². The molecular weight excluding hydrogens is 250 g/mol. The van der Waals surface area contributed by atoms with E-state index < -0.39 is 0 Å². The summed E-state index contributed by atoms with van der Waals surface area (Å²) in [5.74, 6) is 1.54. The van der Waals surface area contributed by atoms with Crippen LogP contribution < -0.4 is 0 Å². The Labute approximate surface area is 115 Å². The number of aliphatic imine (C=N–C) groups is 1. The fourth-order valence-corrected chi connectivity index (χ4v) is 2.43. The number of H-pyrrole nitrogens is 1. The fourth-order valence-electron chi connectivity index (χ4n) is 2.43. The van der Waals surface area contributed by atoms with E-state index in [1.807, 2.05) is 32.2 Å². The number of pyridine rings is 2. The molecule has 0 saturated carbocycles. The monoisotopic (exact) mass is 263 g/mol. The van der Waals surface area contributed by atoms with Gasteiger partial charge in [-0.25, -0.2) is 15.0 Å². The van der Waals surface area contributed by atoms with Crippen molar-refractivity contribution in [1.29, 1.82) is 0 Å². The maximum atomic E-state index is 4.52. The Bertz CT molecular complexity index is 843. The van der Waals surface area contributed by atoms with Crippen LogP contribution in [0.4, 0.5) is 5.82 Å². The van der Waals surface area contributed by atoms with Gasteiger partial charge in [0.15, 0.2) is 17.3 Å². The van der Waals surface area contributed by atoms with E-state index in [4.69, 9.17) is 0 Å². The number of rotatable bonds is 1. The number of fused-ring (bicyclic) bond motifs is 2. The molecule has 4 rings (SSSR count). The summed E-state index contributed by atoms with van der Waals surface area (Å²) in [7, 11) is 0. The Morgan fingerprint density at radius 1 is 1.15 bits per heavy atom. The van der Waals surface area contributed by atoms with Gasteiger partial charge in [0.1, 0.15) is 5.69 Å². The van der Waals surface area contributed by atoms with Crippen molar-refractivity contribution < 1.29 is 0 Å². The van der Waals surface area contributed by atoms with Crippen LogP contribution in [0.1, 0.15) is 18.1 Å². The Morgan fingerprint density at radius 2 is 2.05 bits per heavy atom. The van der Waals surface area contributed by atoms with E-state index in [1.165, 1.54) is 0 Å². The van der Waals surface area contributed by atoms with Crippen molar-refractivity contribution in [2.24, 2.45) is 4.99 Å². The first-order valence-corrected chi connectivity index (χ1v) is 6.56. The lowest BCUT2D eigenvalue weighted by Crippen LogP contribution is -1.89. The van der Waals surface area contributed by atoms with Gasteiger partial charge < -0.3 is 4.98 Å². The first-order valence-electron chi connectivity index (χ1n) is 6.56. The highest BCUT2D eigenvalue weighted by atomic mass is 15.0. The molecule has 1 aliphatic rings. The van der Waals surface area contributed by atoms with Crippen molar-refractivity contribution in [2.75, 3.05) is 0 Å². The molecule has 3 aromatic heterocycles. The van der Waals surface area contributed by atoms with Gasteiger partial charge in [-0.15, -0.1) is 0 Å². The highest BCUT2D eigenvalue weighted by molar-refractivity contribution is 5.93. The fraction of sp³-hybridized carbons (Fsp3) is 0.200. The lowest BCUT2D eigenvalue weighted by molar-refractivity contribution is 1.20. The van der Waals surface area contributed by atoms with Gasteiger partial charge in [0, 0.05) is 23.9 Å². The minimum absolute atomic E-state index is 0.694. The lowest BCUT2D eigenvalue weighted by Gasteiger charge is -1.95. The van der Waals surface area contributed by atoms with Gasteiger partial charge in [0.05, 0.1) is 5.52 Å². The normalized spacial score (nSPS) is 13.6. The van der Waals surface area contributed by atoms with Crippen LogP contribution in [-0.2, 0) is 6.42 Å². The predicted octanol–water partition coefficient (Wildman–Crippen LogP) is 2.98. The molecule has 0 unspecified atom stereocenters. The van der Waals surface area contributed by atoms with Crippen molar-refractivity contribution in [2.45, 2.75) is 20.3 Å². The molecule has 0 spiro atoms. The molecule has 3 aromatic rings. The molecule has 0 amide bonds. The largest absolute Gasteiger partial charge is 0.335 e. The minimum Gasteiger partial charge on any atom is -0.335 e. The van der Waals surface area contributed by atoms with Crippen LogP contribution in [0.3, 0.4) is 0 Å². The van der Waals surface area contributed by atoms with Crippen LogP contribution in [0.15, 0.2) is 29.4 Å². The molecule has 0 radical (unpaired) electrons. The van der Waals surface area contributed by atoms with Crippen LogP contribution >= 0.6 is 0 Å². The van der Waals surface area contributed by atoms with Crippen molar-refractivity contribution in [3.05, 3.63) is 35.5 Å². The highest BCUT2D eigenvalue weighted by Gasteiger charge is 2.16. The van der Waals surface area contributed by atoms with Gasteiger partial charge in [-0.3, -0.25) is 4.98 Å². The van der Waals surface area contributed by atoms with Crippen LogP contribution in [0.25, 0.3) is 22.7 Å². The Hall–Kier alpha value is -2.56. The van der Waals surface area contributed by atoms with Crippen molar-refractivity contribution in [1.82, 2.24) is 19.9 Å². The summed E-state index contributed by atoms with van der Waals surface area (Å²) < 4.78 is 0. The summed E-state index contributed by atoms with van der Waals surface area (Å²) in [5, 5.41) is 0. The second-order valence-electron chi connectivity index (χ2n) is 5.17. The Balaban J connectivity index is 1.85. The molecule has 20 heavy (non-hydrogen) atoms. The van der Waals surface area contributed by atoms with Crippen molar-refractivity contribution >= 4 is 22.7 Å². The molecule has 1 aliphatic heterocycles. The van der Waals surface area contributed by atoms with Gasteiger partial charge in [0.25, 0.3) is 0 Å². The standard InChI is InChI=1S/C15H13N5/c1-8-3-4-11(16-7-8)14-18-12-6-10-5-9(2)17-13(10)19-15(12)20-14/h3-4,6-7H,5H2,1-2H3,(H,18,19,20). The van der Waals surface area contributed by atoms with E-state index in [1.54, 1.807) is 0 Å². The van der Waals surface area contributed by atoms with Crippen LogP contribution in [0.5, 0.6) is 0 Å². The molecule has 0 aliphatic carbocycles. The molecule has 98 valence electrons. The zero-order valence-electron chi connectivity index (χ0n) is 11.3. The van der Waals surface area contributed by atoms with E-state index in [9.17, 15) is 0 Å². The second kappa shape index (κ2) is 3.96. The zero-order chi connectivity index (χ0) is 13.7. The number of hydrogen-bond acceptors (Lipinski definition) is 4. The van der Waals surface area contributed by atoms with E-state index in [-0.39, 0.29) is 0 Å². The molecule has 4 heterocycles. The van der Waals surface area contributed by atoms with E-state index in [2.05, 4.69) is 31.0 Å². The molecule has 5 heteroatoms. The molecule has 0 saturated heterocycles. The van der Waals surface area contributed by atoms with E-state index in [0.717, 1.165) is 46.1 Å². The third-order valence-corrected chi connectivity index (χ3v) is 3.43. The van der Waals surface area contributed by atoms with Crippen LogP contribution in [0, 0.1) is 6.92 Å². The SMILES string of the molecule is CC1=Nc2nc3nc(-c4ccc(C)cn4)[nH]c3cc2C1. The molecule has 0 fully saturated rings. The maximum absolute atomic E-state index is 4.52. The van der Waals surface area contributed by atoms with Gasteiger partial charge >= 0.3 is 0 Å². The summed E-state index contributed by atoms with van der Waals surface area (Å²) >= 11 is 0. The summed E-state index contributed by atoms with van der Waals surface area (Å²) in [5.41, 5.74) is 5.84. The molecule has 0 bridgehead atoms. The number of aromatic amines is 1. The third kappa shape index (κ3) is 1.71. The predicted molar refractivity (Wildman–Crippen MR) is 78.3 cm³/mol. The molecule has 1 N–H and O–H groups in total. The number of hydrogen-bond donors (Lipinski definition) is 1. The van der Waals surface area contributed by atoms with Crippen molar-refractivity contribution in [3.8, 4) is 11.5 Å². The lowest BCUT2D eigenvalue weighted by atomic mass is 10.2. The average molecular weight is 263 g/mol. The Kier molecular flexibility index (Phi) is 2.24. The van der Waals surface area contributed by atoms with E-state index in [0.29, 0.717) is 5.65 Å². The number of aromatic nitrogens is 4. The molecule has 0 atom stereocenters. The van der Waals surface area contributed by atoms with Crippen molar-refractivity contribution in [3.63, 3.8) is 0 Å². The average Bonchev–Trinajstić information content (AvgIpc) is 2.97. The number of imidazole rings is 1. The quantitative estimate of drug-likeness (QED) is 0.734. The summed E-state index contributed by atoms with van der Waals surface area (Å²) in [6, 6.07) is 6.07. The van der Waals surface area contributed by atoms with E-state index >= 15 is 0 Å². The number of aryl methyl sites for hydroxylation is 1. The molecular formula is C15H13N5. The first-order chi connectivity index (χ1) is 9.69. The first kappa shape index (κ1) is 11.3. The van der Waals surface area contributed by atoms with Gasteiger partial charge in [-0.05, 0) is 31.5 Å². The maximum Gasteiger partial charge on any atom is 0.180 e. The Morgan fingerprint density at radius 3 is 2.85 bits per heavy atom. The summed E-state index contributed by atoms with van der Waals surface area (Å²) in [6.07, 6.45) is 2.71. The highest BCUT2D eigenvalue weighted by Crippen LogP contribution is 2.28. The van der Waals surface area contributed by atoms with Gasteiger partial charge in [-0.1, -0.05) is 6.07 Å². The number of nitrogens with zero attached hydrogens (tertiary/aromatic N) is 4. The van der Waals surface area contributed by atoms with Crippen LogP contribution in [0.2, 0.25) is 0 Å². The minimum atomic E-state index is 0.694. The third-order valence-electron chi connectivity index (χ3n) is 3.43. The summed E-state index contributed by atoms with van der Waals surface area (Å²) in [4.78, 5) is 21.1. The smallest absolute Gasteiger partial charge is 0.180 e. The molecule has 0 aromatic carbocycles. The van der Waals surface area contributed by atoms with Gasteiger partial charge in [0.2, 0.25) is 0 Å². The zero-order valence-corrected chi connectivity index (χ0v) is 11.3. The van der Waals surface area contributed by atoms with Crippen LogP contribution in [-0.4, -0.2) is 25.6 Å². The summed E-state index contributed by atoms with van der Waals surface area (Å²) in [6.45, 7) is 4.03.